The van der Waals surface area contributed by atoms with Gasteiger partial charge < -0.3 is 11.1 Å². The van der Waals surface area contributed by atoms with Crippen LogP contribution in [0.4, 0.5) is 5.82 Å². The number of hydrogen-bond donors (Lipinski definition) is 2. The van der Waals surface area contributed by atoms with Crippen molar-refractivity contribution < 1.29 is 0 Å². The third-order valence-electron chi connectivity index (χ3n) is 3.77. The van der Waals surface area contributed by atoms with E-state index in [1.807, 2.05) is 13.1 Å². The molecule has 1 heterocycles. The number of anilines is 1. The Balaban J connectivity index is 2.04. The predicted molar refractivity (Wildman–Crippen MR) is 79.7 cm³/mol. The molecule has 0 bridgehead atoms. The summed E-state index contributed by atoms with van der Waals surface area (Å²) in [6, 6.07) is 2.43. The first-order valence-corrected chi connectivity index (χ1v) is 7.58. The molecule has 18 heavy (non-hydrogen) atoms. The van der Waals surface area contributed by atoms with E-state index < -0.39 is 0 Å². The molecule has 0 aliphatic heterocycles. The van der Waals surface area contributed by atoms with Crippen LogP contribution < -0.4 is 11.1 Å². The van der Waals surface area contributed by atoms with Gasteiger partial charge in [0.1, 0.15) is 5.82 Å². The SMILES string of the molecule is Cc1cnc(NC(CN)C2CCCCC2)c(Br)c1. The Bertz CT molecular complexity index is 389. The van der Waals surface area contributed by atoms with Crippen LogP contribution in [0.25, 0.3) is 0 Å². The number of nitrogens with one attached hydrogen (secondary N) is 1. The Morgan fingerprint density at radius 1 is 1.44 bits per heavy atom. The number of aryl methyl sites for hydroxylation is 1. The third-order valence-corrected chi connectivity index (χ3v) is 4.38. The summed E-state index contributed by atoms with van der Waals surface area (Å²) >= 11 is 3.56. The molecule has 0 amide bonds. The lowest BCUT2D eigenvalue weighted by atomic mass is 9.84. The molecule has 1 saturated carbocycles. The van der Waals surface area contributed by atoms with E-state index in [0.717, 1.165) is 15.9 Å². The van der Waals surface area contributed by atoms with Gasteiger partial charge in [0.25, 0.3) is 0 Å². The van der Waals surface area contributed by atoms with Crippen LogP contribution in [0.2, 0.25) is 0 Å². The van der Waals surface area contributed by atoms with Gasteiger partial charge >= 0.3 is 0 Å². The van der Waals surface area contributed by atoms with E-state index in [0.29, 0.717) is 18.5 Å². The van der Waals surface area contributed by atoms with Crippen molar-refractivity contribution in [2.24, 2.45) is 11.7 Å². The molecule has 1 aromatic rings. The Morgan fingerprint density at radius 3 is 2.78 bits per heavy atom. The Morgan fingerprint density at radius 2 is 2.17 bits per heavy atom. The molecule has 1 aromatic heterocycles. The van der Waals surface area contributed by atoms with E-state index in [9.17, 15) is 0 Å². The van der Waals surface area contributed by atoms with Crippen molar-refractivity contribution in [3.63, 3.8) is 0 Å². The van der Waals surface area contributed by atoms with Crippen LogP contribution in [0, 0.1) is 12.8 Å². The Hall–Kier alpha value is -0.610. The number of aromatic nitrogens is 1. The monoisotopic (exact) mass is 311 g/mol. The van der Waals surface area contributed by atoms with Crippen LogP contribution in [0.15, 0.2) is 16.7 Å². The first kappa shape index (κ1) is 13.8. The van der Waals surface area contributed by atoms with Crippen LogP contribution in [-0.2, 0) is 0 Å². The second kappa shape index (κ2) is 6.53. The van der Waals surface area contributed by atoms with E-state index >= 15 is 0 Å². The van der Waals surface area contributed by atoms with E-state index in [-0.39, 0.29) is 0 Å². The van der Waals surface area contributed by atoms with Crippen LogP contribution in [0.1, 0.15) is 37.7 Å². The van der Waals surface area contributed by atoms with Crippen LogP contribution in [0.3, 0.4) is 0 Å². The number of pyridine rings is 1. The van der Waals surface area contributed by atoms with Crippen LogP contribution in [-0.4, -0.2) is 17.6 Å². The smallest absolute Gasteiger partial charge is 0.140 e. The number of halogens is 1. The van der Waals surface area contributed by atoms with Gasteiger partial charge in [0, 0.05) is 18.8 Å². The normalized spacial score (nSPS) is 18.6. The minimum Gasteiger partial charge on any atom is -0.365 e. The lowest BCUT2D eigenvalue weighted by Gasteiger charge is -2.30. The summed E-state index contributed by atoms with van der Waals surface area (Å²) < 4.78 is 1.02. The van der Waals surface area contributed by atoms with Gasteiger partial charge in [0.2, 0.25) is 0 Å². The molecule has 0 radical (unpaired) electrons. The number of rotatable bonds is 4. The molecular weight excluding hydrogens is 290 g/mol. The zero-order chi connectivity index (χ0) is 13.0. The van der Waals surface area contributed by atoms with Crippen molar-refractivity contribution in [3.05, 3.63) is 22.3 Å². The Kier molecular flexibility index (Phi) is 5.01. The van der Waals surface area contributed by atoms with Crippen molar-refractivity contribution >= 4 is 21.7 Å². The maximum atomic E-state index is 5.93. The van der Waals surface area contributed by atoms with Gasteiger partial charge in [-0.05, 0) is 53.2 Å². The molecule has 0 spiro atoms. The summed E-state index contributed by atoms with van der Waals surface area (Å²) in [6.07, 6.45) is 8.52. The number of nitrogens with zero attached hydrogens (tertiary/aromatic N) is 1. The summed E-state index contributed by atoms with van der Waals surface area (Å²) in [6.45, 7) is 2.72. The highest BCUT2D eigenvalue weighted by Crippen LogP contribution is 2.29. The molecule has 1 unspecified atom stereocenters. The van der Waals surface area contributed by atoms with E-state index in [2.05, 4.69) is 32.3 Å². The van der Waals surface area contributed by atoms with Gasteiger partial charge in [-0.3, -0.25) is 0 Å². The van der Waals surface area contributed by atoms with Crippen molar-refractivity contribution in [2.45, 2.75) is 45.1 Å². The molecule has 1 atom stereocenters. The zero-order valence-corrected chi connectivity index (χ0v) is 12.5. The highest BCUT2D eigenvalue weighted by atomic mass is 79.9. The summed E-state index contributed by atoms with van der Waals surface area (Å²) in [5.74, 6) is 1.61. The summed E-state index contributed by atoms with van der Waals surface area (Å²) in [5, 5.41) is 3.51. The molecule has 1 fully saturated rings. The van der Waals surface area contributed by atoms with Gasteiger partial charge in [-0.2, -0.15) is 0 Å². The molecule has 0 aromatic carbocycles. The maximum absolute atomic E-state index is 5.93. The molecule has 1 aliphatic rings. The minimum absolute atomic E-state index is 0.344. The zero-order valence-electron chi connectivity index (χ0n) is 11.0. The highest BCUT2D eigenvalue weighted by Gasteiger charge is 2.23. The maximum Gasteiger partial charge on any atom is 0.140 e. The molecule has 1 aliphatic carbocycles. The first-order chi connectivity index (χ1) is 8.70. The fourth-order valence-electron chi connectivity index (χ4n) is 2.72. The fraction of sp³-hybridized carbons (Fsp3) is 0.643. The largest absolute Gasteiger partial charge is 0.365 e. The number of nitrogens with two attached hydrogens (primary N) is 1. The molecule has 0 saturated heterocycles. The fourth-order valence-corrected chi connectivity index (χ4v) is 3.30. The van der Waals surface area contributed by atoms with E-state index in [1.165, 1.54) is 32.1 Å². The van der Waals surface area contributed by atoms with Gasteiger partial charge in [-0.25, -0.2) is 4.98 Å². The van der Waals surface area contributed by atoms with Gasteiger partial charge in [-0.1, -0.05) is 19.3 Å². The molecule has 100 valence electrons. The van der Waals surface area contributed by atoms with Crippen molar-refractivity contribution in [3.8, 4) is 0 Å². The molecular formula is C14H22BrN3. The van der Waals surface area contributed by atoms with Gasteiger partial charge in [0.15, 0.2) is 0 Å². The lowest BCUT2D eigenvalue weighted by Crippen LogP contribution is -2.37. The van der Waals surface area contributed by atoms with Crippen molar-refractivity contribution in [2.75, 3.05) is 11.9 Å². The second-order valence-electron chi connectivity index (χ2n) is 5.23. The molecule has 4 heteroatoms. The van der Waals surface area contributed by atoms with E-state index in [1.54, 1.807) is 0 Å². The van der Waals surface area contributed by atoms with Crippen molar-refractivity contribution in [1.82, 2.24) is 4.98 Å². The lowest BCUT2D eigenvalue weighted by molar-refractivity contribution is 0.320. The first-order valence-electron chi connectivity index (χ1n) is 6.79. The summed E-state index contributed by atoms with van der Waals surface area (Å²) in [4.78, 5) is 4.45. The second-order valence-corrected chi connectivity index (χ2v) is 6.08. The van der Waals surface area contributed by atoms with Gasteiger partial charge in [0.05, 0.1) is 4.47 Å². The highest BCUT2D eigenvalue weighted by molar-refractivity contribution is 9.10. The van der Waals surface area contributed by atoms with Gasteiger partial charge in [-0.15, -0.1) is 0 Å². The molecule has 2 rings (SSSR count). The standard InChI is InChI=1S/C14H22BrN3/c1-10-7-12(15)14(17-9-10)18-13(8-16)11-5-3-2-4-6-11/h7,9,11,13H,2-6,8,16H2,1H3,(H,17,18). The minimum atomic E-state index is 0.344. The van der Waals surface area contributed by atoms with E-state index in [4.69, 9.17) is 5.73 Å². The average Bonchev–Trinajstić information content (AvgIpc) is 2.39. The third kappa shape index (κ3) is 3.45. The quantitative estimate of drug-likeness (QED) is 0.895. The molecule has 3 nitrogen and oxygen atoms in total. The predicted octanol–water partition coefficient (Wildman–Crippen LogP) is 3.47. The molecule has 3 N–H and O–H groups in total. The number of hydrogen-bond acceptors (Lipinski definition) is 3. The summed E-state index contributed by atoms with van der Waals surface area (Å²) in [5.41, 5.74) is 7.09. The summed E-state index contributed by atoms with van der Waals surface area (Å²) in [7, 11) is 0. The average molecular weight is 312 g/mol. The Labute approximate surface area is 118 Å². The van der Waals surface area contributed by atoms with Crippen LogP contribution >= 0.6 is 15.9 Å². The topological polar surface area (TPSA) is 50.9 Å². The van der Waals surface area contributed by atoms with Crippen molar-refractivity contribution in [1.29, 1.82) is 0 Å². The van der Waals surface area contributed by atoms with Crippen LogP contribution in [0.5, 0.6) is 0 Å².